The number of benzene rings is 1. The van der Waals surface area contributed by atoms with E-state index in [1.54, 1.807) is 0 Å². The monoisotopic (exact) mass is 542 g/mol. The molecule has 0 unspecified atom stereocenters. The number of carbonyl (C=O) groups excluding carboxylic acids is 1. The van der Waals surface area contributed by atoms with Crippen LogP contribution >= 0.6 is 24.0 Å². The molecule has 0 aliphatic rings. The van der Waals surface area contributed by atoms with E-state index in [4.69, 9.17) is 4.74 Å². The van der Waals surface area contributed by atoms with Crippen LogP contribution in [0.25, 0.3) is 0 Å². The molecule has 0 bridgehead atoms. The molecule has 2 aromatic rings. The van der Waals surface area contributed by atoms with Gasteiger partial charge in [-0.25, -0.2) is 4.79 Å². The molecule has 8 nitrogen and oxygen atoms in total. The van der Waals surface area contributed by atoms with E-state index in [2.05, 4.69) is 26.0 Å². The number of halogens is 1. The second kappa shape index (κ2) is 13.2. The van der Waals surface area contributed by atoms with E-state index >= 15 is 0 Å². The fourth-order valence-electron chi connectivity index (χ4n) is 2.69. The van der Waals surface area contributed by atoms with Crippen LogP contribution in [0.3, 0.4) is 0 Å². The molecule has 0 fully saturated rings. The normalized spacial score (nSPS) is 11.5. The summed E-state index contributed by atoms with van der Waals surface area (Å²) in [5.41, 5.74) is 2.50. The zero-order valence-corrected chi connectivity index (χ0v) is 21.4. The second-order valence-corrected chi connectivity index (χ2v) is 8.04. The van der Waals surface area contributed by atoms with E-state index in [1.165, 1.54) is 0 Å². The number of guanidine groups is 1. The fraction of sp³-hybridized carbons (Fsp3) is 0.500. The molecule has 0 spiro atoms. The number of hydrogen-bond acceptors (Lipinski definition) is 4. The predicted molar refractivity (Wildman–Crippen MR) is 136 cm³/mol. The lowest BCUT2D eigenvalue weighted by Gasteiger charge is -2.19. The number of nitrogens with one attached hydrogen (secondary N) is 3. The van der Waals surface area contributed by atoms with Crippen molar-refractivity contribution in [2.45, 2.75) is 53.2 Å². The van der Waals surface area contributed by atoms with Crippen LogP contribution in [0.15, 0.2) is 41.7 Å². The minimum atomic E-state index is -0.516. The number of aryl methyl sites for hydroxylation is 1. The Hall–Kier alpha value is -2.30. The summed E-state index contributed by atoms with van der Waals surface area (Å²) < 4.78 is 7.18. The highest BCUT2D eigenvalue weighted by Gasteiger charge is 2.16. The summed E-state index contributed by atoms with van der Waals surface area (Å²) in [7, 11) is 0. The molecule has 0 atom stereocenters. The van der Waals surface area contributed by atoms with Gasteiger partial charge in [-0.15, -0.1) is 24.0 Å². The van der Waals surface area contributed by atoms with E-state index in [0.717, 1.165) is 43.1 Å². The molecular formula is C22H35IN6O2. The number of aliphatic imine (C=N–C) groups is 1. The number of nitrogens with zero attached hydrogens (tertiary/aromatic N) is 3. The molecule has 2 rings (SSSR count). The van der Waals surface area contributed by atoms with Gasteiger partial charge in [-0.3, -0.25) is 15.0 Å². The smallest absolute Gasteiger partial charge is 0.412 e. The van der Waals surface area contributed by atoms with Crippen molar-refractivity contribution >= 4 is 41.7 Å². The van der Waals surface area contributed by atoms with Crippen molar-refractivity contribution in [2.24, 2.45) is 4.99 Å². The average Bonchev–Trinajstić information content (AvgIpc) is 3.07. The van der Waals surface area contributed by atoms with Crippen molar-refractivity contribution in [2.75, 3.05) is 25.0 Å². The highest BCUT2D eigenvalue weighted by Crippen LogP contribution is 2.13. The van der Waals surface area contributed by atoms with Crippen LogP contribution in [0, 0.1) is 6.92 Å². The van der Waals surface area contributed by atoms with Gasteiger partial charge in [0.25, 0.3) is 0 Å². The number of ether oxygens (including phenoxy) is 1. The van der Waals surface area contributed by atoms with Crippen molar-refractivity contribution in [1.82, 2.24) is 20.4 Å². The first-order valence-electron chi connectivity index (χ1n) is 10.4. The SMILES string of the molecule is CCNC(=NCCc1ccc(NC(=O)OC(C)(C)C)cc1)NCCn1cc(C)cn1.I. The fourth-order valence-corrected chi connectivity index (χ4v) is 2.69. The van der Waals surface area contributed by atoms with Gasteiger partial charge in [0.1, 0.15) is 5.60 Å². The molecule has 9 heteroatoms. The molecule has 0 aliphatic carbocycles. The highest BCUT2D eigenvalue weighted by atomic mass is 127. The summed E-state index contributed by atoms with van der Waals surface area (Å²) in [6.45, 7) is 12.6. The average molecular weight is 542 g/mol. The molecule has 1 amide bonds. The molecule has 0 aliphatic heterocycles. The number of carbonyl (C=O) groups is 1. The summed E-state index contributed by atoms with van der Waals surface area (Å²) in [6, 6.07) is 7.72. The quantitative estimate of drug-likeness (QED) is 0.267. The van der Waals surface area contributed by atoms with Gasteiger partial charge in [0.2, 0.25) is 0 Å². The van der Waals surface area contributed by atoms with Gasteiger partial charge in [0, 0.05) is 31.5 Å². The maximum atomic E-state index is 11.8. The van der Waals surface area contributed by atoms with E-state index in [1.807, 2.05) is 76.0 Å². The Kier molecular flexibility index (Phi) is 11.4. The topological polar surface area (TPSA) is 92.6 Å². The highest BCUT2D eigenvalue weighted by molar-refractivity contribution is 14.0. The van der Waals surface area contributed by atoms with Crippen molar-refractivity contribution in [3.05, 3.63) is 47.8 Å². The van der Waals surface area contributed by atoms with Crippen LogP contribution in [0.4, 0.5) is 10.5 Å². The van der Waals surface area contributed by atoms with Crippen LogP contribution in [0.1, 0.15) is 38.8 Å². The molecule has 1 aromatic heterocycles. The Labute approximate surface area is 202 Å². The lowest BCUT2D eigenvalue weighted by atomic mass is 10.1. The Morgan fingerprint density at radius 3 is 2.48 bits per heavy atom. The minimum Gasteiger partial charge on any atom is -0.444 e. The number of aromatic nitrogens is 2. The molecule has 172 valence electrons. The number of hydrogen-bond donors (Lipinski definition) is 3. The van der Waals surface area contributed by atoms with Gasteiger partial charge in [0.15, 0.2) is 5.96 Å². The van der Waals surface area contributed by atoms with Crippen molar-refractivity contribution in [3.8, 4) is 0 Å². The third-order valence-corrected chi connectivity index (χ3v) is 4.01. The molecule has 1 heterocycles. The van der Waals surface area contributed by atoms with E-state index in [9.17, 15) is 4.79 Å². The largest absolute Gasteiger partial charge is 0.444 e. The second-order valence-electron chi connectivity index (χ2n) is 8.04. The van der Waals surface area contributed by atoms with Crippen molar-refractivity contribution < 1.29 is 9.53 Å². The van der Waals surface area contributed by atoms with E-state index < -0.39 is 11.7 Å². The summed E-state index contributed by atoms with van der Waals surface area (Å²) in [6.07, 6.45) is 4.23. The van der Waals surface area contributed by atoms with E-state index in [0.29, 0.717) is 12.2 Å². The van der Waals surface area contributed by atoms with Crippen molar-refractivity contribution in [1.29, 1.82) is 0 Å². The molecule has 1 aromatic carbocycles. The van der Waals surface area contributed by atoms with Crippen molar-refractivity contribution in [3.63, 3.8) is 0 Å². The Morgan fingerprint density at radius 2 is 1.90 bits per heavy atom. The first-order chi connectivity index (χ1) is 14.2. The first kappa shape index (κ1) is 26.7. The van der Waals surface area contributed by atoms with Gasteiger partial charge in [-0.05, 0) is 64.3 Å². The van der Waals surface area contributed by atoms with Gasteiger partial charge >= 0.3 is 6.09 Å². The van der Waals surface area contributed by atoms with Crippen LogP contribution in [0.2, 0.25) is 0 Å². The van der Waals surface area contributed by atoms with Crippen LogP contribution in [-0.2, 0) is 17.7 Å². The number of amides is 1. The zero-order chi connectivity index (χ0) is 22.0. The van der Waals surface area contributed by atoms with Gasteiger partial charge < -0.3 is 15.4 Å². The van der Waals surface area contributed by atoms with Gasteiger partial charge in [-0.1, -0.05) is 12.1 Å². The zero-order valence-electron chi connectivity index (χ0n) is 19.1. The third-order valence-electron chi connectivity index (χ3n) is 4.01. The molecule has 31 heavy (non-hydrogen) atoms. The lowest BCUT2D eigenvalue weighted by molar-refractivity contribution is 0.0636. The number of anilines is 1. The third kappa shape index (κ3) is 11.0. The Bertz CT molecular complexity index is 827. The van der Waals surface area contributed by atoms with Gasteiger partial charge in [-0.2, -0.15) is 5.10 Å². The molecular weight excluding hydrogens is 507 g/mol. The summed E-state index contributed by atoms with van der Waals surface area (Å²) in [4.78, 5) is 16.5. The number of rotatable bonds is 8. The Balaban J connectivity index is 0.00000480. The minimum absolute atomic E-state index is 0. The summed E-state index contributed by atoms with van der Waals surface area (Å²) >= 11 is 0. The molecule has 0 radical (unpaired) electrons. The van der Waals surface area contributed by atoms with Crippen LogP contribution < -0.4 is 16.0 Å². The van der Waals surface area contributed by atoms with E-state index in [-0.39, 0.29) is 24.0 Å². The summed E-state index contributed by atoms with van der Waals surface area (Å²) in [5.74, 6) is 0.796. The van der Waals surface area contributed by atoms with Crippen LogP contribution in [-0.4, -0.2) is 47.1 Å². The first-order valence-corrected chi connectivity index (χ1v) is 10.4. The maximum Gasteiger partial charge on any atom is 0.412 e. The predicted octanol–water partition coefficient (Wildman–Crippen LogP) is 3.95. The molecule has 0 saturated carbocycles. The van der Waals surface area contributed by atoms with Gasteiger partial charge in [0.05, 0.1) is 12.7 Å². The summed E-state index contributed by atoms with van der Waals surface area (Å²) in [5, 5.41) is 13.6. The maximum absolute atomic E-state index is 11.8. The van der Waals surface area contributed by atoms with Crippen LogP contribution in [0.5, 0.6) is 0 Å². The molecule has 0 saturated heterocycles. The standard InChI is InChI=1S/C22H34N6O2.HI/c1-6-23-20(25-13-14-28-16-17(2)15-26-28)24-12-11-18-7-9-19(10-8-18)27-21(29)30-22(3,4)5;/h7-10,15-16H,6,11-14H2,1-5H3,(H,27,29)(H2,23,24,25);1H. The molecule has 3 N–H and O–H groups in total. The lowest BCUT2D eigenvalue weighted by Crippen LogP contribution is -2.39. The Morgan fingerprint density at radius 1 is 1.19 bits per heavy atom.